The van der Waals surface area contributed by atoms with Crippen LogP contribution in [0.1, 0.15) is 6.42 Å². The predicted molar refractivity (Wildman–Crippen MR) is 63.7 cm³/mol. The minimum absolute atomic E-state index is 0.554. The van der Waals surface area contributed by atoms with E-state index >= 15 is 0 Å². The van der Waals surface area contributed by atoms with Crippen LogP contribution in [0.4, 0.5) is 39.5 Å². The minimum Gasteiger partial charge on any atom is -0.489 e. The zero-order valence-electron chi connectivity index (χ0n) is 11.5. The monoisotopic (exact) mass is 368 g/mol. The zero-order chi connectivity index (χ0) is 18.8. The van der Waals surface area contributed by atoms with Crippen molar-refractivity contribution >= 4 is 0 Å². The van der Waals surface area contributed by atoms with E-state index in [1.807, 2.05) is 0 Å². The van der Waals surface area contributed by atoms with E-state index in [1.54, 1.807) is 0 Å². The topological polar surface area (TPSA) is 26.3 Å². The Morgan fingerprint density at radius 2 is 1.33 bits per heavy atom. The summed E-state index contributed by atoms with van der Waals surface area (Å²) in [6, 6.07) is 5.77. The molecule has 0 spiro atoms. The van der Waals surface area contributed by atoms with E-state index in [9.17, 15) is 44.3 Å². The Morgan fingerprint density at radius 3 is 1.88 bits per heavy atom. The van der Waals surface area contributed by atoms with E-state index in [1.165, 1.54) is 18.2 Å². The van der Waals surface area contributed by atoms with Crippen LogP contribution >= 0.6 is 0 Å². The Balaban J connectivity index is 2.90. The van der Waals surface area contributed by atoms with Gasteiger partial charge in [-0.15, -0.1) is 0 Å². The van der Waals surface area contributed by atoms with Gasteiger partial charge in [-0.2, -0.15) is 39.5 Å². The Hall–Kier alpha value is -1.94. The van der Waals surface area contributed by atoms with Gasteiger partial charge in [0.2, 0.25) is 5.43 Å². The molecule has 0 atom stereocenters. The highest BCUT2D eigenvalue weighted by Gasteiger charge is 2.81. The highest BCUT2D eigenvalue weighted by molar-refractivity contribution is 5.20. The summed E-state index contributed by atoms with van der Waals surface area (Å²) in [6.07, 6.45) is -9.03. The van der Waals surface area contributed by atoms with Gasteiger partial charge in [-0.05, 0) is 12.1 Å². The summed E-state index contributed by atoms with van der Waals surface area (Å²) < 4.78 is 118. The fourth-order valence-electron chi connectivity index (χ4n) is 1.49. The van der Waals surface area contributed by atoms with Crippen molar-refractivity contribution in [3.63, 3.8) is 0 Å². The molecule has 0 aliphatic heterocycles. The zero-order valence-corrected chi connectivity index (χ0v) is 11.5. The van der Waals surface area contributed by atoms with E-state index in [-0.39, 0.29) is 0 Å². The number of ether oxygens (including phenoxy) is 1. The maximum Gasteiger partial charge on any atom is 0.460 e. The van der Waals surface area contributed by atoms with Crippen molar-refractivity contribution in [1.82, 2.24) is 0 Å². The Morgan fingerprint density at radius 1 is 0.792 bits per heavy atom. The summed E-state index contributed by atoms with van der Waals surface area (Å²) in [7, 11) is 0. The lowest BCUT2D eigenvalue weighted by Crippen LogP contribution is -2.61. The van der Waals surface area contributed by atoms with Crippen LogP contribution < -0.4 is 10.2 Å². The molecular weight excluding hydrogens is 359 g/mol. The van der Waals surface area contributed by atoms with Crippen LogP contribution in [-0.4, -0.2) is 30.6 Å². The smallest absolute Gasteiger partial charge is 0.460 e. The van der Waals surface area contributed by atoms with Crippen molar-refractivity contribution in [3.05, 3.63) is 40.6 Å². The Bertz CT molecular complexity index is 625. The van der Waals surface area contributed by atoms with Gasteiger partial charge in [0.25, 0.3) is 0 Å². The van der Waals surface area contributed by atoms with E-state index < -0.39 is 48.1 Å². The van der Waals surface area contributed by atoms with Gasteiger partial charge < -0.3 is 4.74 Å². The van der Waals surface area contributed by atoms with Gasteiger partial charge in [-0.25, -0.2) is 0 Å². The molecule has 11 heteroatoms. The van der Waals surface area contributed by atoms with Gasteiger partial charge in [-0.1, -0.05) is 18.2 Å². The first kappa shape index (κ1) is 20.1. The summed E-state index contributed by atoms with van der Waals surface area (Å²) in [4.78, 5) is 11.3. The molecule has 2 nitrogen and oxygen atoms in total. The molecule has 0 fully saturated rings. The molecule has 0 amide bonds. The second-order valence-corrected chi connectivity index (χ2v) is 4.59. The van der Waals surface area contributed by atoms with Gasteiger partial charge in [0, 0.05) is 0 Å². The van der Waals surface area contributed by atoms with Gasteiger partial charge in [0.15, 0.2) is 5.75 Å². The fourth-order valence-corrected chi connectivity index (χ4v) is 1.49. The Labute approximate surface area is 128 Å². The van der Waals surface area contributed by atoms with Crippen LogP contribution in [0.25, 0.3) is 0 Å². The summed E-state index contributed by atoms with van der Waals surface area (Å²) in [5, 5.41) is 0. The highest BCUT2D eigenvalue weighted by Crippen LogP contribution is 2.53. The average molecular weight is 368 g/mol. The lowest BCUT2D eigenvalue weighted by molar-refractivity contribution is -0.397. The number of rotatable bonds is 6. The van der Waals surface area contributed by atoms with Gasteiger partial charge in [-0.3, -0.25) is 4.79 Å². The minimum atomic E-state index is -6.94. The molecule has 0 radical (unpaired) electrons. The van der Waals surface area contributed by atoms with Crippen LogP contribution in [0.5, 0.6) is 5.75 Å². The van der Waals surface area contributed by atoms with Crippen molar-refractivity contribution in [1.29, 1.82) is 0 Å². The molecule has 0 unspecified atom stereocenters. The van der Waals surface area contributed by atoms with Crippen molar-refractivity contribution in [2.75, 3.05) is 6.61 Å². The predicted octanol–water partition coefficient (Wildman–Crippen LogP) is 4.28. The molecule has 0 aromatic heterocycles. The molecule has 24 heavy (non-hydrogen) atoms. The van der Waals surface area contributed by atoms with Crippen LogP contribution in [0.2, 0.25) is 0 Å². The van der Waals surface area contributed by atoms with Crippen LogP contribution in [0.15, 0.2) is 35.1 Å². The molecule has 0 heterocycles. The van der Waals surface area contributed by atoms with Gasteiger partial charge >= 0.3 is 23.9 Å². The number of hydrogen-bond acceptors (Lipinski definition) is 2. The third kappa shape index (κ3) is 3.75. The number of halogens is 9. The standard InChI is InChI=1S/C13H9F9O2/c14-10(15,11(16,17)12(18,19)13(20,21)22)6-7-24-9-5-3-1-2-4-8(9)23/h1-5H,6-7H2. The average Bonchev–Trinajstić information content (AvgIpc) is 2.62. The van der Waals surface area contributed by atoms with Crippen molar-refractivity contribution in [3.8, 4) is 5.75 Å². The summed E-state index contributed by atoms with van der Waals surface area (Å²) in [6.45, 7) is -1.38. The lowest BCUT2D eigenvalue weighted by atomic mass is 10.0. The normalized spacial score (nSPS) is 13.7. The molecule has 0 aliphatic rings. The maximum atomic E-state index is 13.2. The van der Waals surface area contributed by atoms with Crippen molar-refractivity contribution < 1.29 is 44.3 Å². The third-order valence-electron chi connectivity index (χ3n) is 2.84. The second-order valence-electron chi connectivity index (χ2n) is 4.59. The first-order valence-corrected chi connectivity index (χ1v) is 6.16. The fraction of sp³-hybridized carbons (Fsp3) is 0.462. The summed E-state index contributed by atoms with van der Waals surface area (Å²) in [5.41, 5.74) is -0.823. The second kappa shape index (κ2) is 6.52. The number of alkyl halides is 9. The third-order valence-corrected chi connectivity index (χ3v) is 2.84. The molecular formula is C13H9F9O2. The lowest BCUT2D eigenvalue weighted by Gasteiger charge is -2.33. The van der Waals surface area contributed by atoms with E-state index in [2.05, 4.69) is 4.74 Å². The Kier molecular flexibility index (Phi) is 5.46. The number of hydrogen-bond donors (Lipinski definition) is 0. The maximum absolute atomic E-state index is 13.2. The van der Waals surface area contributed by atoms with Gasteiger partial charge in [0.1, 0.15) is 0 Å². The van der Waals surface area contributed by atoms with Crippen LogP contribution in [0, 0.1) is 0 Å². The van der Waals surface area contributed by atoms with Crippen LogP contribution in [0.3, 0.4) is 0 Å². The summed E-state index contributed by atoms with van der Waals surface area (Å²) in [5.74, 6) is -19.9. The highest BCUT2D eigenvalue weighted by atomic mass is 19.4. The van der Waals surface area contributed by atoms with E-state index in [0.717, 1.165) is 12.1 Å². The molecule has 0 N–H and O–H groups in total. The SMILES string of the molecule is O=c1cccccc1OCCC(F)(F)C(F)(F)C(F)(F)C(F)(F)F. The van der Waals surface area contributed by atoms with Crippen molar-refractivity contribution in [2.24, 2.45) is 0 Å². The van der Waals surface area contributed by atoms with E-state index in [4.69, 9.17) is 0 Å². The molecule has 0 aliphatic carbocycles. The summed E-state index contributed by atoms with van der Waals surface area (Å²) >= 11 is 0. The van der Waals surface area contributed by atoms with Gasteiger partial charge in [0.05, 0.1) is 13.0 Å². The molecule has 0 saturated heterocycles. The quantitative estimate of drug-likeness (QED) is 0.701. The van der Waals surface area contributed by atoms with Crippen LogP contribution in [-0.2, 0) is 0 Å². The largest absolute Gasteiger partial charge is 0.489 e. The molecule has 1 rings (SSSR count). The molecule has 0 saturated carbocycles. The molecule has 1 aromatic carbocycles. The van der Waals surface area contributed by atoms with E-state index in [0.29, 0.717) is 0 Å². The first-order valence-electron chi connectivity index (χ1n) is 6.16. The molecule has 136 valence electrons. The molecule has 0 bridgehead atoms. The molecule has 1 aromatic rings. The first-order chi connectivity index (χ1) is 10.7. The van der Waals surface area contributed by atoms with Crippen molar-refractivity contribution in [2.45, 2.75) is 30.4 Å².